The summed E-state index contributed by atoms with van der Waals surface area (Å²) in [5, 5.41) is 0. The number of hydrogen-bond acceptors (Lipinski definition) is 6. The molecule has 0 saturated carbocycles. The zero-order valence-electron chi connectivity index (χ0n) is 20.7. The first-order valence-electron chi connectivity index (χ1n) is 12.2. The van der Waals surface area contributed by atoms with Crippen molar-refractivity contribution in [1.82, 2.24) is 0 Å². The first-order chi connectivity index (χ1) is 15.0. The first-order valence-corrected chi connectivity index (χ1v) is 24.2. The van der Waals surface area contributed by atoms with Crippen molar-refractivity contribution in [2.75, 3.05) is 14.2 Å². The maximum atomic E-state index is 13.0. The molecule has 0 amide bonds. The van der Waals surface area contributed by atoms with Crippen molar-refractivity contribution in [3.63, 3.8) is 0 Å². The molecule has 0 rings (SSSR count). The molecule has 0 aliphatic carbocycles. The monoisotopic (exact) mass is 658 g/mol. The van der Waals surface area contributed by atoms with Crippen LogP contribution in [0.1, 0.15) is 79.1 Å². The molecular weight excluding hydrogens is 610 g/mol. The standard InChI is InChI=1S/C7H10O6.4C4H9.2Sn.2H/c1-12-7(13-2)4(6(10)11)3-5(8)9;4*1-3-4-2;;;;/h3,7H,1-2H3,(H,8,9)(H,10,11);4*1,3-4H2,2H3;;;;/q;;;;;2*+1;;/p-2/b4-3+;;;;;;;;. The molecule has 0 aromatic heterocycles. The second-order valence-electron chi connectivity index (χ2n) is 8.06. The number of carbonyl (C=O) groups excluding carboxylic acids is 2. The molecular formula is C23H46O6Sn2. The van der Waals surface area contributed by atoms with Crippen LogP contribution in [0.15, 0.2) is 11.6 Å². The average molecular weight is 656 g/mol. The van der Waals surface area contributed by atoms with E-state index in [-0.39, 0.29) is 5.57 Å². The number of methoxy groups -OCH3 is 2. The Balaban J connectivity index is 5.40. The van der Waals surface area contributed by atoms with E-state index in [1.54, 1.807) is 0 Å². The Bertz CT molecular complexity index is 492. The van der Waals surface area contributed by atoms with E-state index < -0.39 is 58.6 Å². The molecule has 0 unspecified atom stereocenters. The topological polar surface area (TPSA) is 71.1 Å². The van der Waals surface area contributed by atoms with Crippen LogP contribution in [0.25, 0.3) is 0 Å². The van der Waals surface area contributed by atoms with Crippen LogP contribution in [-0.2, 0) is 25.2 Å². The predicted octanol–water partition coefficient (Wildman–Crippen LogP) is 5.27. The van der Waals surface area contributed by atoms with Crippen LogP contribution in [0.3, 0.4) is 0 Å². The summed E-state index contributed by atoms with van der Waals surface area (Å²) < 4.78 is 26.6. The zero-order chi connectivity index (χ0) is 23.5. The van der Waals surface area contributed by atoms with Gasteiger partial charge in [-0.2, -0.15) is 0 Å². The summed E-state index contributed by atoms with van der Waals surface area (Å²) in [4.78, 5) is 25.7. The molecule has 182 valence electrons. The molecule has 6 nitrogen and oxygen atoms in total. The van der Waals surface area contributed by atoms with Crippen molar-refractivity contribution < 1.29 is 25.2 Å². The Labute approximate surface area is 205 Å². The Morgan fingerprint density at radius 1 is 0.710 bits per heavy atom. The fraction of sp³-hybridized carbons (Fsp3) is 0.826. The number of carbonyl (C=O) groups is 2. The quantitative estimate of drug-likeness (QED) is 0.107. The minimum absolute atomic E-state index is 0.126. The van der Waals surface area contributed by atoms with Gasteiger partial charge in [-0.1, -0.05) is 0 Å². The summed E-state index contributed by atoms with van der Waals surface area (Å²) in [6.07, 6.45) is 9.09. The normalized spacial score (nSPS) is 12.1. The summed E-state index contributed by atoms with van der Waals surface area (Å²) >= 11 is -4.89. The molecule has 0 spiro atoms. The van der Waals surface area contributed by atoms with Gasteiger partial charge in [0.25, 0.3) is 0 Å². The number of rotatable bonds is 19. The van der Waals surface area contributed by atoms with Gasteiger partial charge in [0.1, 0.15) is 0 Å². The van der Waals surface area contributed by atoms with Crippen LogP contribution < -0.4 is 0 Å². The van der Waals surface area contributed by atoms with E-state index in [0.29, 0.717) is 0 Å². The van der Waals surface area contributed by atoms with Crippen molar-refractivity contribution in [3.05, 3.63) is 11.6 Å². The zero-order valence-corrected chi connectivity index (χ0v) is 27.3. The molecule has 0 aromatic rings. The van der Waals surface area contributed by atoms with E-state index in [1.807, 2.05) is 0 Å². The van der Waals surface area contributed by atoms with E-state index in [2.05, 4.69) is 27.7 Å². The van der Waals surface area contributed by atoms with Crippen molar-refractivity contribution in [1.29, 1.82) is 0 Å². The third kappa shape index (κ3) is 14.9. The van der Waals surface area contributed by atoms with Gasteiger partial charge >= 0.3 is 206 Å². The van der Waals surface area contributed by atoms with Crippen LogP contribution >= 0.6 is 0 Å². The molecule has 0 N–H and O–H groups in total. The van der Waals surface area contributed by atoms with Gasteiger partial charge in [0, 0.05) is 0 Å². The minimum atomic E-state index is -2.47. The summed E-state index contributed by atoms with van der Waals surface area (Å²) in [5.41, 5.74) is 0.126. The van der Waals surface area contributed by atoms with Crippen molar-refractivity contribution in [2.45, 2.75) is 103 Å². The van der Waals surface area contributed by atoms with E-state index in [4.69, 9.17) is 15.6 Å². The second kappa shape index (κ2) is 20.8. The molecule has 0 fully saturated rings. The van der Waals surface area contributed by atoms with Crippen molar-refractivity contribution in [3.8, 4) is 0 Å². The molecule has 0 heterocycles. The number of unbranched alkanes of at least 4 members (excludes halogenated alkanes) is 4. The van der Waals surface area contributed by atoms with Crippen molar-refractivity contribution in [2.24, 2.45) is 0 Å². The van der Waals surface area contributed by atoms with E-state index in [0.717, 1.165) is 69.1 Å². The van der Waals surface area contributed by atoms with Crippen LogP contribution in [0, 0.1) is 0 Å². The average Bonchev–Trinajstić information content (AvgIpc) is 2.77. The molecule has 0 aromatic carbocycles. The third-order valence-corrected chi connectivity index (χ3v) is 20.5. The van der Waals surface area contributed by atoms with Crippen LogP contribution in [0.4, 0.5) is 0 Å². The molecule has 31 heavy (non-hydrogen) atoms. The van der Waals surface area contributed by atoms with Gasteiger partial charge in [-0.05, 0) is 0 Å². The number of hydrogen-bond donors (Lipinski definition) is 0. The Hall–Kier alpha value is 0.197. The van der Waals surface area contributed by atoms with Gasteiger partial charge in [-0.25, -0.2) is 0 Å². The van der Waals surface area contributed by atoms with Gasteiger partial charge in [-0.3, -0.25) is 0 Å². The summed E-state index contributed by atoms with van der Waals surface area (Å²) in [6.45, 7) is 8.60. The van der Waals surface area contributed by atoms with Gasteiger partial charge in [0.15, 0.2) is 0 Å². The van der Waals surface area contributed by atoms with E-state index >= 15 is 0 Å². The molecule has 0 saturated heterocycles. The van der Waals surface area contributed by atoms with Gasteiger partial charge < -0.3 is 0 Å². The summed E-state index contributed by atoms with van der Waals surface area (Å²) in [6, 6.07) is 0. The molecule has 0 atom stereocenters. The first kappa shape index (κ1) is 31.2. The van der Waals surface area contributed by atoms with Gasteiger partial charge in [-0.15, -0.1) is 0 Å². The molecule has 0 radical (unpaired) electrons. The SMILES string of the molecule is CCC[CH2][SnH]([CH2]CCC)[O]C(=O)/C=C(\C(=O)[O][SnH]([CH2]CCC)[CH2]CCC)C(OC)OC. The fourth-order valence-corrected chi connectivity index (χ4v) is 18.6. The Kier molecular flexibility index (Phi) is 20.9. The Morgan fingerprint density at radius 2 is 1.10 bits per heavy atom. The third-order valence-electron chi connectivity index (χ3n) is 5.27. The second-order valence-corrected chi connectivity index (χ2v) is 23.1. The van der Waals surface area contributed by atoms with Gasteiger partial charge in [0.2, 0.25) is 0 Å². The number of ether oxygens (including phenoxy) is 2. The van der Waals surface area contributed by atoms with Crippen LogP contribution in [-0.4, -0.2) is 72.8 Å². The molecule has 0 bridgehead atoms. The van der Waals surface area contributed by atoms with E-state index in [1.165, 1.54) is 20.3 Å². The van der Waals surface area contributed by atoms with Crippen molar-refractivity contribution >= 4 is 52.3 Å². The molecule has 0 aliphatic heterocycles. The van der Waals surface area contributed by atoms with E-state index in [9.17, 15) is 9.59 Å². The Morgan fingerprint density at radius 3 is 1.45 bits per heavy atom. The molecule has 8 heteroatoms. The van der Waals surface area contributed by atoms with Gasteiger partial charge in [0.05, 0.1) is 0 Å². The van der Waals surface area contributed by atoms with Crippen LogP contribution in [0.2, 0.25) is 17.7 Å². The summed E-state index contributed by atoms with van der Waals surface area (Å²) in [7, 11) is 2.92. The summed E-state index contributed by atoms with van der Waals surface area (Å²) in [5.74, 6) is -0.902. The maximum absolute atomic E-state index is 13.0. The van der Waals surface area contributed by atoms with Crippen LogP contribution in [0.5, 0.6) is 0 Å². The molecule has 0 aliphatic rings. The predicted molar refractivity (Wildman–Crippen MR) is 131 cm³/mol. The fourth-order valence-electron chi connectivity index (χ4n) is 3.37.